The number of benzene rings is 1. The Balaban J connectivity index is 1.33. The van der Waals surface area contributed by atoms with Gasteiger partial charge < -0.3 is 24.6 Å². The van der Waals surface area contributed by atoms with Gasteiger partial charge in [0, 0.05) is 37.5 Å². The zero-order valence-corrected chi connectivity index (χ0v) is 19.9. The summed E-state index contributed by atoms with van der Waals surface area (Å²) in [6.07, 6.45) is 0.690. The molecule has 2 aromatic rings. The van der Waals surface area contributed by atoms with Crippen LogP contribution in [0.4, 0.5) is 21.0 Å². The van der Waals surface area contributed by atoms with Gasteiger partial charge in [0.05, 0.1) is 36.2 Å². The summed E-state index contributed by atoms with van der Waals surface area (Å²) in [4.78, 5) is 45.0. The lowest BCUT2D eigenvalue weighted by Gasteiger charge is -2.30. The van der Waals surface area contributed by atoms with E-state index in [1.165, 1.54) is 11.3 Å². The molecule has 0 unspecified atom stereocenters. The number of rotatable bonds is 5. The molecule has 10 nitrogen and oxygen atoms in total. The average molecular weight is 488 g/mol. The van der Waals surface area contributed by atoms with E-state index in [1.807, 2.05) is 24.3 Å². The van der Waals surface area contributed by atoms with Crippen LogP contribution < -0.4 is 15.5 Å². The number of hydrogen-bond acceptors (Lipinski definition) is 8. The molecule has 1 aromatic heterocycles. The van der Waals surface area contributed by atoms with E-state index >= 15 is 0 Å². The summed E-state index contributed by atoms with van der Waals surface area (Å²) < 4.78 is 10.2. The predicted octanol–water partition coefficient (Wildman–Crippen LogP) is 3.28. The first-order valence-electron chi connectivity index (χ1n) is 11.5. The van der Waals surface area contributed by atoms with E-state index < -0.39 is 12.1 Å². The summed E-state index contributed by atoms with van der Waals surface area (Å²) in [6, 6.07) is 7.31. The number of imide groups is 1. The fourth-order valence-electron chi connectivity index (χ4n) is 4.09. The third-order valence-electron chi connectivity index (χ3n) is 5.87. The van der Waals surface area contributed by atoms with Crippen LogP contribution >= 0.6 is 11.3 Å². The van der Waals surface area contributed by atoms with E-state index in [9.17, 15) is 14.4 Å². The molecule has 0 atom stereocenters. The van der Waals surface area contributed by atoms with Crippen molar-refractivity contribution in [2.75, 3.05) is 56.2 Å². The van der Waals surface area contributed by atoms with Gasteiger partial charge in [-0.05, 0) is 31.9 Å². The molecule has 34 heavy (non-hydrogen) atoms. The van der Waals surface area contributed by atoms with E-state index in [-0.39, 0.29) is 18.4 Å². The Kier molecular flexibility index (Phi) is 7.96. The maximum absolute atomic E-state index is 12.9. The third-order valence-corrected chi connectivity index (χ3v) is 6.88. The second-order valence-corrected chi connectivity index (χ2v) is 8.94. The molecule has 2 saturated heterocycles. The van der Waals surface area contributed by atoms with Crippen LogP contribution in [0.1, 0.15) is 41.2 Å². The highest BCUT2D eigenvalue weighted by Gasteiger charge is 2.27. The Morgan fingerprint density at radius 1 is 1.15 bits per heavy atom. The van der Waals surface area contributed by atoms with Crippen LogP contribution in [-0.4, -0.2) is 73.9 Å². The van der Waals surface area contributed by atoms with Gasteiger partial charge in [0.15, 0.2) is 0 Å². The summed E-state index contributed by atoms with van der Waals surface area (Å²) in [5.41, 5.74) is 2.12. The van der Waals surface area contributed by atoms with Gasteiger partial charge in [-0.15, -0.1) is 11.3 Å². The van der Waals surface area contributed by atoms with Crippen molar-refractivity contribution in [1.82, 2.24) is 15.2 Å². The summed E-state index contributed by atoms with van der Waals surface area (Å²) in [5, 5.41) is 7.90. The number of carbonyl (C=O) groups is 3. The van der Waals surface area contributed by atoms with Gasteiger partial charge in [0.1, 0.15) is 5.69 Å². The lowest BCUT2D eigenvalue weighted by atomic mass is 9.98. The maximum atomic E-state index is 12.9. The number of likely N-dealkylation sites (tertiary alicyclic amines) is 1. The third kappa shape index (κ3) is 5.84. The van der Waals surface area contributed by atoms with E-state index in [0.29, 0.717) is 44.8 Å². The number of ether oxygens (including phenoxy) is 2. The van der Waals surface area contributed by atoms with Crippen molar-refractivity contribution >= 4 is 40.7 Å². The molecule has 0 saturated carbocycles. The number of alkyl carbamates (subject to hydrolysis) is 1. The highest BCUT2D eigenvalue weighted by Crippen LogP contribution is 2.31. The number of nitrogens with one attached hydrogen (secondary N) is 2. The van der Waals surface area contributed by atoms with Gasteiger partial charge in [-0.25, -0.2) is 19.9 Å². The van der Waals surface area contributed by atoms with Crippen molar-refractivity contribution in [3.63, 3.8) is 0 Å². The summed E-state index contributed by atoms with van der Waals surface area (Å²) >= 11 is 1.46. The van der Waals surface area contributed by atoms with Gasteiger partial charge in [-0.2, -0.15) is 0 Å². The smallest absolute Gasteiger partial charge is 0.415 e. The highest BCUT2D eigenvalue weighted by atomic mass is 32.1. The Labute approximate surface area is 202 Å². The van der Waals surface area contributed by atoms with Crippen molar-refractivity contribution in [3.05, 3.63) is 40.3 Å². The van der Waals surface area contributed by atoms with Crippen LogP contribution in [0.25, 0.3) is 0 Å². The van der Waals surface area contributed by atoms with Gasteiger partial charge in [-0.3, -0.25) is 4.79 Å². The van der Waals surface area contributed by atoms with Gasteiger partial charge >= 0.3 is 12.1 Å². The molecule has 2 aliphatic heterocycles. The molecule has 0 aliphatic carbocycles. The summed E-state index contributed by atoms with van der Waals surface area (Å²) in [7, 11) is 0. The molecule has 0 bridgehead atoms. The molecule has 11 heteroatoms. The van der Waals surface area contributed by atoms with Crippen LogP contribution in [0.5, 0.6) is 0 Å². The number of anilines is 2. The Hall–Kier alpha value is -3.18. The van der Waals surface area contributed by atoms with Crippen LogP contribution in [0, 0.1) is 0 Å². The molecule has 0 radical (unpaired) electrons. The van der Waals surface area contributed by atoms with Crippen molar-refractivity contribution in [2.45, 2.75) is 25.7 Å². The largest absolute Gasteiger partial charge is 0.450 e. The second kappa shape index (κ2) is 11.3. The first-order valence-corrected chi connectivity index (χ1v) is 12.3. The normalized spacial score (nSPS) is 16.7. The molecule has 182 valence electrons. The van der Waals surface area contributed by atoms with E-state index in [2.05, 4.69) is 20.5 Å². The number of carbonyl (C=O) groups excluding carboxylic acids is 3. The SMILES string of the molecule is CCOC(=O)NC(=O)N1CCC(c2nc(C(=O)Nc3ccccc3N3CCOCC3)cs2)CC1. The molecule has 4 rings (SSSR count). The minimum Gasteiger partial charge on any atom is -0.450 e. The Morgan fingerprint density at radius 3 is 2.62 bits per heavy atom. The Bertz CT molecular complexity index is 1010. The first-order chi connectivity index (χ1) is 16.5. The van der Waals surface area contributed by atoms with Crippen molar-refractivity contribution < 1.29 is 23.9 Å². The van der Waals surface area contributed by atoms with Gasteiger partial charge in [0.2, 0.25) is 0 Å². The topological polar surface area (TPSA) is 113 Å². The van der Waals surface area contributed by atoms with Gasteiger partial charge in [0.25, 0.3) is 5.91 Å². The standard InChI is InChI=1S/C23H29N5O5S/c1-2-33-23(31)26-22(30)28-9-7-16(8-10-28)21-25-18(15-34-21)20(29)24-17-5-3-4-6-19(17)27-11-13-32-14-12-27/h3-6,15-16H,2,7-14H2,1H3,(H,24,29)(H,26,30,31). The number of piperidine rings is 1. The molecule has 2 fully saturated rings. The van der Waals surface area contributed by atoms with E-state index in [1.54, 1.807) is 17.2 Å². The number of amides is 4. The lowest BCUT2D eigenvalue weighted by Crippen LogP contribution is -2.46. The molecule has 2 aliphatic rings. The number of para-hydroxylation sites is 2. The minimum absolute atomic E-state index is 0.166. The van der Waals surface area contributed by atoms with E-state index in [4.69, 9.17) is 9.47 Å². The average Bonchev–Trinajstić information content (AvgIpc) is 3.36. The van der Waals surface area contributed by atoms with Crippen molar-refractivity contribution in [1.29, 1.82) is 0 Å². The molecule has 0 spiro atoms. The van der Waals surface area contributed by atoms with Crippen LogP contribution in [0.2, 0.25) is 0 Å². The minimum atomic E-state index is -0.736. The molecular formula is C23H29N5O5S. The second-order valence-electron chi connectivity index (χ2n) is 8.05. The number of nitrogens with zero attached hydrogens (tertiary/aromatic N) is 3. The number of urea groups is 1. The molecular weight excluding hydrogens is 458 g/mol. The van der Waals surface area contributed by atoms with Crippen LogP contribution in [0.15, 0.2) is 29.6 Å². The molecule has 3 heterocycles. The van der Waals surface area contributed by atoms with Crippen LogP contribution in [-0.2, 0) is 9.47 Å². The number of morpholine rings is 1. The summed E-state index contributed by atoms with van der Waals surface area (Å²) in [6.45, 7) is 5.80. The monoisotopic (exact) mass is 487 g/mol. The lowest BCUT2D eigenvalue weighted by molar-refractivity contribution is 0.102. The number of thiazole rings is 1. The molecule has 1 aromatic carbocycles. The van der Waals surface area contributed by atoms with Crippen molar-refractivity contribution in [3.8, 4) is 0 Å². The molecule has 2 N–H and O–H groups in total. The summed E-state index contributed by atoms with van der Waals surface area (Å²) in [5.74, 6) is -0.0757. The highest BCUT2D eigenvalue weighted by molar-refractivity contribution is 7.10. The number of aromatic nitrogens is 1. The quantitative estimate of drug-likeness (QED) is 0.665. The number of hydrogen-bond donors (Lipinski definition) is 2. The van der Waals surface area contributed by atoms with Gasteiger partial charge in [-0.1, -0.05) is 12.1 Å². The fourth-order valence-corrected chi connectivity index (χ4v) is 5.06. The Morgan fingerprint density at radius 2 is 1.88 bits per heavy atom. The first kappa shape index (κ1) is 24.0. The van der Waals surface area contributed by atoms with Crippen LogP contribution in [0.3, 0.4) is 0 Å². The van der Waals surface area contributed by atoms with Crippen molar-refractivity contribution in [2.24, 2.45) is 0 Å². The fraction of sp³-hybridized carbons (Fsp3) is 0.478. The zero-order chi connectivity index (χ0) is 23.9. The molecule has 4 amide bonds. The predicted molar refractivity (Wildman–Crippen MR) is 129 cm³/mol. The van der Waals surface area contributed by atoms with E-state index in [0.717, 1.165) is 29.5 Å². The zero-order valence-electron chi connectivity index (χ0n) is 19.1. The maximum Gasteiger partial charge on any atom is 0.415 e.